The van der Waals surface area contributed by atoms with Crippen LogP contribution in [-0.2, 0) is 45.4 Å². The SMILES string of the molecule is O=P(O)(O)OC[C@H](O)COP(=O)(O)OCC(O)COP(=O)(O)OC[C@@H](O)COP(=O)(O)O. The van der Waals surface area contributed by atoms with Crippen LogP contribution in [0.4, 0.5) is 0 Å². The summed E-state index contributed by atoms with van der Waals surface area (Å²) in [4.78, 5) is 52.4. The highest BCUT2D eigenvalue weighted by molar-refractivity contribution is 7.47. The average molecular weight is 560 g/mol. The monoisotopic (exact) mass is 560 g/mol. The van der Waals surface area contributed by atoms with E-state index in [1.807, 2.05) is 0 Å². The summed E-state index contributed by atoms with van der Waals surface area (Å²) in [5.74, 6) is 0. The predicted octanol–water partition coefficient (Wildman–Crippen LogP) is -2.45. The zero-order valence-corrected chi connectivity index (χ0v) is 19.4. The molecule has 0 aliphatic carbocycles. The van der Waals surface area contributed by atoms with Crippen molar-refractivity contribution in [1.29, 1.82) is 0 Å². The third-order valence-electron chi connectivity index (χ3n) is 2.59. The van der Waals surface area contributed by atoms with Gasteiger partial charge in [0.05, 0.1) is 39.6 Å². The minimum Gasteiger partial charge on any atom is -0.388 e. The molecule has 0 bridgehead atoms. The van der Waals surface area contributed by atoms with Crippen molar-refractivity contribution in [3.63, 3.8) is 0 Å². The molecule has 0 rings (SSSR count). The molecule has 0 spiro atoms. The average Bonchev–Trinajstić information content (AvgIpc) is 2.63. The van der Waals surface area contributed by atoms with Crippen LogP contribution in [0.25, 0.3) is 0 Å². The first kappa shape index (κ1) is 32.3. The first-order valence-electron chi connectivity index (χ1n) is 7.98. The fourth-order valence-corrected chi connectivity index (χ4v) is 3.63. The van der Waals surface area contributed by atoms with Gasteiger partial charge in [0.25, 0.3) is 0 Å². The van der Waals surface area contributed by atoms with E-state index in [1.165, 1.54) is 0 Å². The van der Waals surface area contributed by atoms with E-state index in [4.69, 9.17) is 19.6 Å². The van der Waals surface area contributed by atoms with Gasteiger partial charge in [0.2, 0.25) is 0 Å². The Bertz CT molecular complexity index is 670. The summed E-state index contributed by atoms with van der Waals surface area (Å²) in [6.07, 6.45) is -5.23. The summed E-state index contributed by atoms with van der Waals surface area (Å²) >= 11 is 0. The van der Waals surface area contributed by atoms with E-state index in [-0.39, 0.29) is 0 Å². The minimum atomic E-state index is -4.88. The predicted molar refractivity (Wildman–Crippen MR) is 97.5 cm³/mol. The Labute approximate surface area is 180 Å². The van der Waals surface area contributed by atoms with Crippen molar-refractivity contribution in [2.75, 3.05) is 39.6 Å². The summed E-state index contributed by atoms with van der Waals surface area (Å²) in [7, 11) is -19.5. The Morgan fingerprint density at radius 1 is 0.438 bits per heavy atom. The van der Waals surface area contributed by atoms with Gasteiger partial charge in [-0.05, 0) is 0 Å². The summed E-state index contributed by atoms with van der Waals surface area (Å²) < 4.78 is 69.1. The molecule has 0 heterocycles. The van der Waals surface area contributed by atoms with Crippen molar-refractivity contribution in [2.45, 2.75) is 18.3 Å². The molecule has 2 unspecified atom stereocenters. The van der Waals surface area contributed by atoms with Gasteiger partial charge in [-0.25, -0.2) is 18.3 Å². The molecule has 19 nitrogen and oxygen atoms in total. The molecule has 0 fully saturated rings. The third-order valence-corrected chi connectivity index (χ3v) is 5.46. The van der Waals surface area contributed by atoms with Gasteiger partial charge in [-0.1, -0.05) is 0 Å². The lowest BCUT2D eigenvalue weighted by atomic mass is 10.4. The maximum Gasteiger partial charge on any atom is 0.472 e. The van der Waals surface area contributed by atoms with Gasteiger partial charge in [0.1, 0.15) is 18.3 Å². The van der Waals surface area contributed by atoms with E-state index in [1.54, 1.807) is 0 Å². The number of aliphatic hydroxyl groups excluding tert-OH is 3. The summed E-state index contributed by atoms with van der Waals surface area (Å²) in [6, 6.07) is 0. The van der Waals surface area contributed by atoms with Gasteiger partial charge in [0, 0.05) is 0 Å². The molecule has 194 valence electrons. The van der Waals surface area contributed by atoms with E-state index in [2.05, 4.69) is 27.1 Å². The fourth-order valence-electron chi connectivity index (χ4n) is 1.31. The Balaban J connectivity index is 4.23. The zero-order valence-electron chi connectivity index (χ0n) is 15.9. The normalized spacial score (nSPS) is 19.7. The Hall–Kier alpha value is 0.320. The van der Waals surface area contributed by atoms with Crippen molar-refractivity contribution < 1.29 is 90.1 Å². The first-order valence-corrected chi connectivity index (χ1v) is 14.0. The standard InChI is InChI=1S/C9H24O19P4/c10-7(1-23-29(13,14)15)3-25-31(19,20)27-5-9(12)6-28-32(21,22)26-4-8(11)2-24-30(16,17)18/h7-12H,1-6H2,(H,19,20)(H,21,22)(H2,13,14,15)(H2,16,17,18)/t7-,8-/m0/s1. The quantitative estimate of drug-likeness (QED) is 0.0786. The lowest BCUT2D eigenvalue weighted by Crippen LogP contribution is -2.24. The molecule has 0 aliphatic rings. The van der Waals surface area contributed by atoms with Gasteiger partial charge >= 0.3 is 31.3 Å². The number of rotatable bonds is 18. The molecule has 9 N–H and O–H groups in total. The van der Waals surface area contributed by atoms with Crippen molar-refractivity contribution in [3.05, 3.63) is 0 Å². The van der Waals surface area contributed by atoms with Crippen LogP contribution in [0.3, 0.4) is 0 Å². The number of phosphoric ester groups is 4. The van der Waals surface area contributed by atoms with E-state index in [9.17, 15) is 43.4 Å². The van der Waals surface area contributed by atoms with Gasteiger partial charge in [-0.3, -0.25) is 27.1 Å². The van der Waals surface area contributed by atoms with Gasteiger partial charge in [-0.15, -0.1) is 0 Å². The van der Waals surface area contributed by atoms with Crippen LogP contribution in [-0.4, -0.2) is 103 Å². The highest BCUT2D eigenvalue weighted by Gasteiger charge is 2.28. The highest BCUT2D eigenvalue weighted by Crippen LogP contribution is 2.45. The first-order chi connectivity index (χ1) is 14.3. The van der Waals surface area contributed by atoms with E-state index < -0.39 is 89.2 Å². The maximum atomic E-state index is 11.6. The fraction of sp³-hybridized carbons (Fsp3) is 1.00. The van der Waals surface area contributed by atoms with Crippen LogP contribution in [0.2, 0.25) is 0 Å². The summed E-state index contributed by atoms with van der Waals surface area (Å²) in [6.45, 7) is -5.75. The molecule has 0 aromatic carbocycles. The topological polar surface area (TPSA) is 306 Å². The van der Waals surface area contributed by atoms with E-state index in [0.29, 0.717) is 0 Å². The lowest BCUT2D eigenvalue weighted by molar-refractivity contribution is 0.00695. The van der Waals surface area contributed by atoms with Crippen LogP contribution >= 0.6 is 31.3 Å². The van der Waals surface area contributed by atoms with Crippen LogP contribution in [0.1, 0.15) is 0 Å². The highest BCUT2D eigenvalue weighted by atomic mass is 31.2. The number of hydrogen-bond donors (Lipinski definition) is 9. The minimum absolute atomic E-state index is 0.938. The summed E-state index contributed by atoms with van der Waals surface area (Å²) in [5.41, 5.74) is 0. The summed E-state index contributed by atoms with van der Waals surface area (Å²) in [5, 5.41) is 28.1. The molecule has 0 radical (unpaired) electrons. The van der Waals surface area contributed by atoms with Crippen LogP contribution < -0.4 is 0 Å². The number of phosphoric acid groups is 4. The molecule has 0 saturated heterocycles. The molecule has 0 aromatic heterocycles. The smallest absolute Gasteiger partial charge is 0.388 e. The molecular formula is C9H24O19P4. The Kier molecular flexibility index (Phi) is 14.2. The van der Waals surface area contributed by atoms with E-state index in [0.717, 1.165) is 0 Å². The molecule has 23 heteroatoms. The number of aliphatic hydroxyl groups is 3. The molecule has 0 amide bonds. The maximum absolute atomic E-state index is 11.6. The molecule has 32 heavy (non-hydrogen) atoms. The van der Waals surface area contributed by atoms with Gasteiger partial charge < -0.3 is 44.7 Å². The van der Waals surface area contributed by atoms with Gasteiger partial charge in [-0.2, -0.15) is 0 Å². The second-order valence-corrected chi connectivity index (χ2v) is 11.0. The van der Waals surface area contributed by atoms with E-state index >= 15 is 0 Å². The zero-order chi connectivity index (χ0) is 25.2. The second kappa shape index (κ2) is 14.0. The van der Waals surface area contributed by atoms with Crippen molar-refractivity contribution in [2.24, 2.45) is 0 Å². The third kappa shape index (κ3) is 19.8. The molecule has 0 aromatic rings. The second-order valence-electron chi connectivity index (χ2n) is 5.65. The van der Waals surface area contributed by atoms with Crippen molar-refractivity contribution in [3.8, 4) is 0 Å². The molecular weight excluding hydrogens is 536 g/mol. The molecule has 0 aliphatic heterocycles. The van der Waals surface area contributed by atoms with Gasteiger partial charge in [0.15, 0.2) is 0 Å². The van der Waals surface area contributed by atoms with Crippen LogP contribution in [0.15, 0.2) is 0 Å². The number of hydrogen-bond acceptors (Lipinski definition) is 13. The lowest BCUT2D eigenvalue weighted by Gasteiger charge is -2.19. The Morgan fingerprint density at radius 3 is 0.812 bits per heavy atom. The Morgan fingerprint density at radius 2 is 0.625 bits per heavy atom. The van der Waals surface area contributed by atoms with Crippen molar-refractivity contribution in [1.82, 2.24) is 0 Å². The van der Waals surface area contributed by atoms with Crippen LogP contribution in [0.5, 0.6) is 0 Å². The largest absolute Gasteiger partial charge is 0.472 e. The molecule has 0 saturated carbocycles. The molecule has 4 atom stereocenters. The van der Waals surface area contributed by atoms with Crippen molar-refractivity contribution >= 4 is 31.3 Å². The van der Waals surface area contributed by atoms with Crippen LogP contribution in [0, 0.1) is 0 Å².